The predicted octanol–water partition coefficient (Wildman–Crippen LogP) is 3.65. The lowest BCUT2D eigenvalue weighted by Crippen LogP contribution is -2.44. The molecule has 1 saturated heterocycles. The number of nitrogens with one attached hydrogen (secondary N) is 1. The van der Waals surface area contributed by atoms with Gasteiger partial charge < -0.3 is 15.3 Å². The Morgan fingerprint density at radius 2 is 2.13 bits per heavy atom. The number of nitrogens with zero attached hydrogens (tertiary/aromatic N) is 1. The van der Waals surface area contributed by atoms with Crippen molar-refractivity contribution in [2.24, 2.45) is 11.8 Å². The highest BCUT2D eigenvalue weighted by Crippen LogP contribution is 2.44. The van der Waals surface area contributed by atoms with Gasteiger partial charge in [0, 0.05) is 24.7 Å². The summed E-state index contributed by atoms with van der Waals surface area (Å²) in [5.74, 6) is 0.675. The van der Waals surface area contributed by atoms with Crippen LogP contribution < -0.4 is 5.32 Å². The van der Waals surface area contributed by atoms with Crippen molar-refractivity contribution in [2.45, 2.75) is 51.6 Å². The maximum Gasteiger partial charge on any atom is 0.321 e. The van der Waals surface area contributed by atoms with Gasteiger partial charge in [-0.25, -0.2) is 4.79 Å². The first-order chi connectivity index (χ1) is 11.1. The fraction of sp³-hybridized carbons (Fsp3) is 0.632. The molecule has 4 heteroatoms. The average molecular weight is 316 g/mol. The number of hydrogen-bond donors (Lipinski definition) is 2. The molecule has 4 nitrogen and oxygen atoms in total. The molecule has 126 valence electrons. The molecule has 1 aliphatic carbocycles. The summed E-state index contributed by atoms with van der Waals surface area (Å²) in [5.41, 5.74) is 1.47. The van der Waals surface area contributed by atoms with Crippen LogP contribution in [0.3, 0.4) is 0 Å². The van der Waals surface area contributed by atoms with Crippen LogP contribution in [0.2, 0.25) is 0 Å². The Hall–Kier alpha value is -1.55. The number of fused-ring (bicyclic) bond motifs is 1. The van der Waals surface area contributed by atoms with Crippen molar-refractivity contribution in [3.63, 3.8) is 0 Å². The molecule has 0 spiro atoms. The van der Waals surface area contributed by atoms with Gasteiger partial charge in [-0.2, -0.15) is 0 Å². The SMILES string of the molecule is CCc1ccccc1NC(=O)N1C[C@H]2CCC[C@](O)(CC)[C@H]2C1. The summed E-state index contributed by atoms with van der Waals surface area (Å²) in [5, 5.41) is 13.9. The third kappa shape index (κ3) is 3.09. The Bertz CT molecular complexity index is 574. The van der Waals surface area contributed by atoms with Crippen LogP contribution in [-0.4, -0.2) is 34.7 Å². The first-order valence-corrected chi connectivity index (χ1v) is 8.93. The van der Waals surface area contributed by atoms with Gasteiger partial charge in [0.1, 0.15) is 0 Å². The minimum Gasteiger partial charge on any atom is -0.390 e. The number of likely N-dealkylation sites (tertiary alicyclic amines) is 1. The largest absolute Gasteiger partial charge is 0.390 e. The van der Waals surface area contributed by atoms with E-state index in [2.05, 4.69) is 25.2 Å². The number of hydrogen-bond acceptors (Lipinski definition) is 2. The lowest BCUT2D eigenvalue weighted by atomic mass is 9.69. The Morgan fingerprint density at radius 1 is 1.35 bits per heavy atom. The third-order valence-electron chi connectivity index (χ3n) is 5.86. The Labute approximate surface area is 138 Å². The van der Waals surface area contributed by atoms with E-state index in [1.165, 1.54) is 0 Å². The van der Waals surface area contributed by atoms with Gasteiger partial charge in [-0.15, -0.1) is 0 Å². The summed E-state index contributed by atoms with van der Waals surface area (Å²) in [6, 6.07) is 7.94. The third-order valence-corrected chi connectivity index (χ3v) is 5.86. The number of carbonyl (C=O) groups excluding carboxylic acids is 1. The number of rotatable bonds is 3. The summed E-state index contributed by atoms with van der Waals surface area (Å²) >= 11 is 0. The van der Waals surface area contributed by atoms with E-state index in [0.717, 1.165) is 49.9 Å². The lowest BCUT2D eigenvalue weighted by Gasteiger charge is -2.40. The highest BCUT2D eigenvalue weighted by Gasteiger charge is 2.48. The summed E-state index contributed by atoms with van der Waals surface area (Å²) in [6.45, 7) is 5.60. The zero-order chi connectivity index (χ0) is 16.4. The second-order valence-corrected chi connectivity index (χ2v) is 7.06. The lowest BCUT2D eigenvalue weighted by molar-refractivity contribution is -0.0607. The van der Waals surface area contributed by atoms with Crippen LogP contribution in [0, 0.1) is 11.8 Å². The molecule has 1 aliphatic heterocycles. The first-order valence-electron chi connectivity index (χ1n) is 8.93. The van der Waals surface area contributed by atoms with E-state index in [9.17, 15) is 9.90 Å². The van der Waals surface area contributed by atoms with Crippen LogP contribution in [0.25, 0.3) is 0 Å². The molecule has 2 fully saturated rings. The fourth-order valence-electron chi connectivity index (χ4n) is 4.38. The van der Waals surface area contributed by atoms with Gasteiger partial charge in [-0.1, -0.05) is 38.5 Å². The molecule has 1 aromatic carbocycles. The van der Waals surface area contributed by atoms with E-state index in [4.69, 9.17) is 0 Å². The molecule has 2 amide bonds. The van der Waals surface area contributed by atoms with Gasteiger partial charge in [0.15, 0.2) is 0 Å². The van der Waals surface area contributed by atoms with Crippen molar-refractivity contribution in [2.75, 3.05) is 18.4 Å². The molecule has 3 atom stereocenters. The molecule has 0 bridgehead atoms. The van der Waals surface area contributed by atoms with Gasteiger partial charge in [-0.05, 0) is 43.2 Å². The topological polar surface area (TPSA) is 52.6 Å². The van der Waals surface area contributed by atoms with Crippen LogP contribution in [0.4, 0.5) is 10.5 Å². The maximum absolute atomic E-state index is 12.7. The molecule has 1 heterocycles. The number of urea groups is 1. The van der Waals surface area contributed by atoms with E-state index in [1.807, 2.05) is 23.1 Å². The van der Waals surface area contributed by atoms with Gasteiger partial charge in [0.05, 0.1) is 5.60 Å². The van der Waals surface area contributed by atoms with Crippen molar-refractivity contribution in [3.05, 3.63) is 29.8 Å². The summed E-state index contributed by atoms with van der Waals surface area (Å²) in [4.78, 5) is 14.6. The van der Waals surface area contributed by atoms with Crippen LogP contribution in [0.5, 0.6) is 0 Å². The van der Waals surface area contributed by atoms with Gasteiger partial charge in [0.25, 0.3) is 0 Å². The first kappa shape index (κ1) is 16.3. The minimum absolute atomic E-state index is 0.0289. The smallest absolute Gasteiger partial charge is 0.321 e. The summed E-state index contributed by atoms with van der Waals surface area (Å²) in [6.07, 6.45) is 4.75. The van der Waals surface area contributed by atoms with Gasteiger partial charge in [-0.3, -0.25) is 0 Å². The Kier molecular flexibility index (Phi) is 4.62. The van der Waals surface area contributed by atoms with Crippen molar-refractivity contribution in [1.29, 1.82) is 0 Å². The normalized spacial score (nSPS) is 30.1. The minimum atomic E-state index is -0.584. The number of carbonyl (C=O) groups is 1. The van der Waals surface area contributed by atoms with E-state index in [-0.39, 0.29) is 11.9 Å². The van der Waals surface area contributed by atoms with E-state index in [1.54, 1.807) is 0 Å². The molecule has 0 aromatic heterocycles. The van der Waals surface area contributed by atoms with Gasteiger partial charge >= 0.3 is 6.03 Å². The van der Waals surface area contributed by atoms with Crippen molar-refractivity contribution < 1.29 is 9.90 Å². The molecule has 1 saturated carbocycles. The molecule has 0 unspecified atom stereocenters. The molecule has 0 radical (unpaired) electrons. The number of aliphatic hydroxyl groups is 1. The molecule has 1 aromatic rings. The van der Waals surface area contributed by atoms with E-state index < -0.39 is 5.60 Å². The molecule has 23 heavy (non-hydrogen) atoms. The highest BCUT2D eigenvalue weighted by atomic mass is 16.3. The number of amides is 2. The Morgan fingerprint density at radius 3 is 2.87 bits per heavy atom. The number of benzene rings is 1. The van der Waals surface area contributed by atoms with Crippen LogP contribution in [-0.2, 0) is 6.42 Å². The average Bonchev–Trinajstić information content (AvgIpc) is 3.01. The second kappa shape index (κ2) is 6.52. The summed E-state index contributed by atoms with van der Waals surface area (Å²) < 4.78 is 0. The van der Waals surface area contributed by atoms with Gasteiger partial charge in [0.2, 0.25) is 0 Å². The van der Waals surface area contributed by atoms with Crippen LogP contribution in [0.1, 0.15) is 45.1 Å². The fourth-order valence-corrected chi connectivity index (χ4v) is 4.38. The quantitative estimate of drug-likeness (QED) is 0.894. The van der Waals surface area contributed by atoms with Crippen molar-refractivity contribution in [3.8, 4) is 0 Å². The number of para-hydroxylation sites is 1. The molecule has 2 aliphatic rings. The summed E-state index contributed by atoms with van der Waals surface area (Å²) in [7, 11) is 0. The predicted molar refractivity (Wildman–Crippen MR) is 92.5 cm³/mol. The zero-order valence-electron chi connectivity index (χ0n) is 14.2. The number of aryl methyl sites for hydroxylation is 1. The maximum atomic E-state index is 12.7. The molecular formula is C19H28N2O2. The molecule has 2 N–H and O–H groups in total. The second-order valence-electron chi connectivity index (χ2n) is 7.06. The zero-order valence-corrected chi connectivity index (χ0v) is 14.2. The van der Waals surface area contributed by atoms with Crippen LogP contribution in [0.15, 0.2) is 24.3 Å². The highest BCUT2D eigenvalue weighted by molar-refractivity contribution is 5.90. The number of anilines is 1. The van der Waals surface area contributed by atoms with Crippen molar-refractivity contribution >= 4 is 11.7 Å². The molecule has 3 rings (SSSR count). The Balaban J connectivity index is 1.70. The van der Waals surface area contributed by atoms with Crippen molar-refractivity contribution in [1.82, 2.24) is 4.90 Å². The monoisotopic (exact) mass is 316 g/mol. The van der Waals surface area contributed by atoms with E-state index >= 15 is 0 Å². The standard InChI is InChI=1S/C19H28N2O2/c1-3-14-8-5-6-10-17(14)20-18(22)21-12-15-9-7-11-19(23,4-2)16(15)13-21/h5-6,8,10,15-16,23H,3-4,7,9,11-13H2,1-2H3,(H,20,22)/t15-,16+,19-/m1/s1. The van der Waals surface area contributed by atoms with Crippen LogP contribution >= 0.6 is 0 Å². The molecular weight excluding hydrogens is 288 g/mol. The van der Waals surface area contributed by atoms with E-state index in [0.29, 0.717) is 12.5 Å².